The molecule has 0 amide bonds. The number of nitrogens with one attached hydrogen (secondary N) is 2. The van der Waals surface area contributed by atoms with Crippen molar-refractivity contribution in [2.45, 2.75) is 25.8 Å². The maximum absolute atomic E-state index is 5.49. The van der Waals surface area contributed by atoms with Crippen LogP contribution in [0, 0.1) is 0 Å². The zero-order valence-corrected chi connectivity index (χ0v) is 17.3. The highest BCUT2D eigenvalue weighted by atomic mass is 16.5. The average Bonchev–Trinajstić information content (AvgIpc) is 3.18. The van der Waals surface area contributed by atoms with Gasteiger partial charge in [0.05, 0.1) is 20.3 Å². The van der Waals surface area contributed by atoms with Crippen molar-refractivity contribution in [1.82, 2.24) is 25.2 Å². The summed E-state index contributed by atoms with van der Waals surface area (Å²) in [6, 6.07) is 11.7. The smallest absolute Gasteiger partial charge is 0.191 e. The molecule has 3 aromatic rings. The highest BCUT2D eigenvalue weighted by Crippen LogP contribution is 2.29. The van der Waals surface area contributed by atoms with Crippen LogP contribution in [0.4, 0.5) is 0 Å². The number of aliphatic imine (C=N–C) groups is 1. The van der Waals surface area contributed by atoms with Gasteiger partial charge < -0.3 is 20.1 Å². The second-order valence-corrected chi connectivity index (χ2v) is 6.62. The van der Waals surface area contributed by atoms with E-state index in [4.69, 9.17) is 9.47 Å². The summed E-state index contributed by atoms with van der Waals surface area (Å²) < 4.78 is 12.8. The molecule has 0 bridgehead atoms. The average molecular weight is 396 g/mol. The molecular formula is C21H28N6O2. The molecule has 0 saturated carbocycles. The summed E-state index contributed by atoms with van der Waals surface area (Å²) in [5, 5.41) is 15.2. The third-order valence-electron chi connectivity index (χ3n) is 4.73. The second-order valence-electron chi connectivity index (χ2n) is 6.62. The molecule has 0 saturated heterocycles. The Kier molecular flexibility index (Phi) is 6.89. The van der Waals surface area contributed by atoms with E-state index in [-0.39, 0.29) is 6.04 Å². The summed E-state index contributed by atoms with van der Waals surface area (Å²) in [5.74, 6) is 3.28. The van der Waals surface area contributed by atoms with Crippen LogP contribution in [-0.2, 0) is 6.42 Å². The van der Waals surface area contributed by atoms with Crippen LogP contribution in [0.2, 0.25) is 0 Å². The fourth-order valence-corrected chi connectivity index (χ4v) is 3.17. The Balaban J connectivity index is 1.54. The van der Waals surface area contributed by atoms with Gasteiger partial charge in [-0.05, 0) is 43.7 Å². The number of aromatic nitrogens is 3. The van der Waals surface area contributed by atoms with Gasteiger partial charge in [0.1, 0.15) is 17.3 Å². The molecule has 3 rings (SSSR count). The van der Waals surface area contributed by atoms with Gasteiger partial charge in [0.15, 0.2) is 11.6 Å². The molecule has 8 heteroatoms. The molecule has 0 aliphatic carbocycles. The van der Waals surface area contributed by atoms with Gasteiger partial charge in [-0.15, -0.1) is 10.2 Å². The molecule has 1 atom stereocenters. The maximum atomic E-state index is 5.49. The van der Waals surface area contributed by atoms with Crippen LogP contribution in [0.25, 0.3) is 5.65 Å². The molecule has 2 N–H and O–H groups in total. The molecule has 0 spiro atoms. The number of pyridine rings is 1. The minimum Gasteiger partial charge on any atom is -0.497 e. The number of benzene rings is 1. The van der Waals surface area contributed by atoms with E-state index in [0.717, 1.165) is 53.9 Å². The Morgan fingerprint density at radius 1 is 1.17 bits per heavy atom. The normalized spacial score (nSPS) is 12.6. The first-order chi connectivity index (χ1) is 14.2. The third kappa shape index (κ3) is 4.96. The molecule has 1 unspecified atom stereocenters. The molecule has 154 valence electrons. The summed E-state index contributed by atoms with van der Waals surface area (Å²) in [6.45, 7) is 2.83. The zero-order valence-electron chi connectivity index (χ0n) is 17.3. The van der Waals surface area contributed by atoms with E-state index in [2.05, 4.69) is 32.7 Å². The van der Waals surface area contributed by atoms with Gasteiger partial charge in [-0.25, -0.2) is 0 Å². The van der Waals surface area contributed by atoms with Crippen molar-refractivity contribution in [2.75, 3.05) is 27.8 Å². The number of fused-ring (bicyclic) bond motifs is 1. The molecule has 1 aromatic carbocycles. The van der Waals surface area contributed by atoms with E-state index in [1.54, 1.807) is 21.3 Å². The summed E-state index contributed by atoms with van der Waals surface area (Å²) in [6.07, 6.45) is 3.73. The van der Waals surface area contributed by atoms with Gasteiger partial charge in [0, 0.05) is 31.8 Å². The molecule has 0 fully saturated rings. The van der Waals surface area contributed by atoms with Gasteiger partial charge in [-0.2, -0.15) is 0 Å². The van der Waals surface area contributed by atoms with Gasteiger partial charge >= 0.3 is 0 Å². The summed E-state index contributed by atoms with van der Waals surface area (Å²) in [7, 11) is 5.08. The highest BCUT2D eigenvalue weighted by Gasteiger charge is 2.14. The van der Waals surface area contributed by atoms with Gasteiger partial charge in [-0.1, -0.05) is 6.07 Å². The maximum Gasteiger partial charge on any atom is 0.191 e. The minimum atomic E-state index is -0.00769. The monoisotopic (exact) mass is 396 g/mol. The minimum absolute atomic E-state index is 0.00769. The summed E-state index contributed by atoms with van der Waals surface area (Å²) in [4.78, 5) is 4.33. The van der Waals surface area contributed by atoms with Crippen LogP contribution in [0.3, 0.4) is 0 Å². The van der Waals surface area contributed by atoms with Crippen LogP contribution >= 0.6 is 0 Å². The first kappa shape index (κ1) is 20.4. The van der Waals surface area contributed by atoms with E-state index < -0.39 is 0 Å². The standard InChI is InChI=1S/C21H28N6O2/c1-15(17-14-16(28-3)10-11-18(17)29-4)24-21(22-2)23-12-7-9-20-26-25-19-8-5-6-13-27(19)20/h5-6,8,10-11,13-15H,7,9,12H2,1-4H3,(H2,22,23,24). The fourth-order valence-electron chi connectivity index (χ4n) is 3.17. The van der Waals surface area contributed by atoms with Crippen LogP contribution < -0.4 is 20.1 Å². The number of guanidine groups is 1. The Hall–Kier alpha value is -3.29. The lowest BCUT2D eigenvalue weighted by Gasteiger charge is -2.20. The van der Waals surface area contributed by atoms with Crippen molar-refractivity contribution < 1.29 is 9.47 Å². The summed E-state index contributed by atoms with van der Waals surface area (Å²) >= 11 is 0. The van der Waals surface area contributed by atoms with Gasteiger partial charge in [-0.3, -0.25) is 9.39 Å². The molecule has 2 heterocycles. The number of hydrogen-bond acceptors (Lipinski definition) is 5. The van der Waals surface area contributed by atoms with Crippen LogP contribution in [0.15, 0.2) is 47.6 Å². The first-order valence-electron chi connectivity index (χ1n) is 9.64. The molecule has 8 nitrogen and oxygen atoms in total. The molecule has 0 aliphatic heterocycles. The molecule has 0 aliphatic rings. The number of rotatable bonds is 8. The van der Waals surface area contributed by atoms with E-state index >= 15 is 0 Å². The Bertz CT molecular complexity index is 969. The Labute approximate surface area is 171 Å². The number of hydrogen-bond donors (Lipinski definition) is 2. The first-order valence-corrected chi connectivity index (χ1v) is 9.64. The third-order valence-corrected chi connectivity index (χ3v) is 4.73. The van der Waals surface area contributed by atoms with Crippen molar-refractivity contribution in [1.29, 1.82) is 0 Å². The fraction of sp³-hybridized carbons (Fsp3) is 0.381. The highest BCUT2D eigenvalue weighted by molar-refractivity contribution is 5.80. The molecule has 29 heavy (non-hydrogen) atoms. The van der Waals surface area contributed by atoms with Crippen molar-refractivity contribution in [2.24, 2.45) is 4.99 Å². The van der Waals surface area contributed by atoms with Gasteiger partial charge in [0.25, 0.3) is 0 Å². The Morgan fingerprint density at radius 3 is 2.79 bits per heavy atom. The number of methoxy groups -OCH3 is 2. The Morgan fingerprint density at radius 2 is 2.03 bits per heavy atom. The predicted molar refractivity (Wildman–Crippen MR) is 114 cm³/mol. The topological polar surface area (TPSA) is 85.1 Å². The number of nitrogens with zero attached hydrogens (tertiary/aromatic N) is 4. The lowest BCUT2D eigenvalue weighted by atomic mass is 10.1. The van der Waals surface area contributed by atoms with Crippen LogP contribution in [0.5, 0.6) is 11.5 Å². The lowest BCUT2D eigenvalue weighted by Crippen LogP contribution is -2.39. The zero-order chi connectivity index (χ0) is 20.6. The number of aryl methyl sites for hydroxylation is 1. The largest absolute Gasteiger partial charge is 0.497 e. The second kappa shape index (κ2) is 9.77. The van der Waals surface area contributed by atoms with E-state index in [1.807, 2.05) is 47.0 Å². The molecule has 0 radical (unpaired) electrons. The van der Waals surface area contributed by atoms with Crippen LogP contribution in [0.1, 0.15) is 30.8 Å². The molecular weight excluding hydrogens is 368 g/mol. The molecule has 2 aromatic heterocycles. The van der Waals surface area contributed by atoms with E-state index in [1.165, 1.54) is 0 Å². The number of ether oxygens (including phenoxy) is 2. The predicted octanol–water partition coefficient (Wildman–Crippen LogP) is 2.61. The van der Waals surface area contributed by atoms with Crippen molar-refractivity contribution >= 4 is 11.6 Å². The van der Waals surface area contributed by atoms with Crippen LogP contribution in [-0.4, -0.2) is 48.4 Å². The summed E-state index contributed by atoms with van der Waals surface area (Å²) in [5.41, 5.74) is 1.87. The van der Waals surface area contributed by atoms with Crippen molar-refractivity contribution in [3.63, 3.8) is 0 Å². The van der Waals surface area contributed by atoms with E-state index in [9.17, 15) is 0 Å². The van der Waals surface area contributed by atoms with Crippen molar-refractivity contribution in [3.05, 3.63) is 54.0 Å². The van der Waals surface area contributed by atoms with E-state index in [0.29, 0.717) is 0 Å². The van der Waals surface area contributed by atoms with Gasteiger partial charge in [0.2, 0.25) is 0 Å². The SMILES string of the molecule is CN=C(NCCCc1nnc2ccccn12)NC(C)c1cc(OC)ccc1OC. The van der Waals surface area contributed by atoms with Crippen molar-refractivity contribution in [3.8, 4) is 11.5 Å². The quantitative estimate of drug-likeness (QED) is 0.346. The lowest BCUT2D eigenvalue weighted by molar-refractivity contribution is 0.394.